The third-order valence-corrected chi connectivity index (χ3v) is 3.27. The zero-order chi connectivity index (χ0) is 17.8. The van der Waals surface area contributed by atoms with E-state index in [4.69, 9.17) is 4.74 Å². The van der Waals surface area contributed by atoms with Crippen LogP contribution in [0.5, 0.6) is 5.75 Å². The lowest BCUT2D eigenvalue weighted by Crippen LogP contribution is -2.41. The van der Waals surface area contributed by atoms with Gasteiger partial charge in [0.05, 0.1) is 6.54 Å². The van der Waals surface area contributed by atoms with Gasteiger partial charge >= 0.3 is 6.18 Å². The number of unbranched alkanes of at least 4 members (excludes halogenated alkanes) is 1. The van der Waals surface area contributed by atoms with Gasteiger partial charge in [0.15, 0.2) is 5.96 Å². The number of guanidine groups is 1. The van der Waals surface area contributed by atoms with E-state index in [9.17, 15) is 13.2 Å². The number of hydrogen-bond donors (Lipinski definition) is 1. The summed E-state index contributed by atoms with van der Waals surface area (Å²) < 4.78 is 41.9. The number of nitrogens with zero attached hydrogens (tertiary/aromatic N) is 2. The average Bonchev–Trinajstić information content (AvgIpc) is 2.53. The van der Waals surface area contributed by atoms with Crippen molar-refractivity contribution in [2.75, 3.05) is 33.3 Å². The molecule has 144 valence electrons. The van der Waals surface area contributed by atoms with Gasteiger partial charge in [-0.2, -0.15) is 13.2 Å². The van der Waals surface area contributed by atoms with E-state index < -0.39 is 12.6 Å². The molecular weight excluding hydrogens is 446 g/mol. The second-order valence-corrected chi connectivity index (χ2v) is 5.39. The van der Waals surface area contributed by atoms with Crippen molar-refractivity contribution < 1.29 is 17.9 Å². The molecule has 0 radical (unpaired) electrons. The molecule has 1 rings (SSSR count). The Kier molecular flexibility index (Phi) is 12.5. The van der Waals surface area contributed by atoms with Crippen molar-refractivity contribution >= 4 is 29.9 Å². The number of rotatable bonds is 9. The lowest BCUT2D eigenvalue weighted by molar-refractivity contribution is -0.135. The SMILES string of the molecule is CCNC(=NCCCCC(F)(F)F)N(C)CCOc1ccccc1.I. The van der Waals surface area contributed by atoms with Gasteiger partial charge in [0.2, 0.25) is 0 Å². The second-order valence-electron chi connectivity index (χ2n) is 5.39. The molecule has 0 unspecified atom stereocenters. The van der Waals surface area contributed by atoms with Gasteiger partial charge in [0.1, 0.15) is 12.4 Å². The summed E-state index contributed by atoms with van der Waals surface area (Å²) in [5.41, 5.74) is 0. The smallest absolute Gasteiger partial charge is 0.389 e. The topological polar surface area (TPSA) is 36.9 Å². The van der Waals surface area contributed by atoms with E-state index in [-0.39, 0.29) is 30.4 Å². The summed E-state index contributed by atoms with van der Waals surface area (Å²) in [5, 5.41) is 3.14. The Balaban J connectivity index is 0.00000576. The van der Waals surface area contributed by atoms with Crippen molar-refractivity contribution in [2.24, 2.45) is 4.99 Å². The fourth-order valence-electron chi connectivity index (χ4n) is 2.01. The molecule has 0 spiro atoms. The van der Waals surface area contributed by atoms with Crippen LogP contribution in [-0.2, 0) is 0 Å². The molecule has 1 N–H and O–H groups in total. The first kappa shape index (κ1) is 23.8. The Bertz CT molecular complexity index is 484. The number of benzene rings is 1. The largest absolute Gasteiger partial charge is 0.492 e. The van der Waals surface area contributed by atoms with Crippen molar-refractivity contribution in [1.29, 1.82) is 0 Å². The molecule has 4 nitrogen and oxygen atoms in total. The third kappa shape index (κ3) is 11.9. The Labute approximate surface area is 164 Å². The van der Waals surface area contributed by atoms with Crippen LogP contribution in [0.15, 0.2) is 35.3 Å². The summed E-state index contributed by atoms with van der Waals surface area (Å²) in [6, 6.07) is 9.52. The van der Waals surface area contributed by atoms with Crippen molar-refractivity contribution in [3.05, 3.63) is 30.3 Å². The molecule has 0 saturated carbocycles. The lowest BCUT2D eigenvalue weighted by Gasteiger charge is -2.22. The highest BCUT2D eigenvalue weighted by Crippen LogP contribution is 2.22. The molecule has 0 saturated heterocycles. The molecule has 0 amide bonds. The maximum Gasteiger partial charge on any atom is 0.389 e. The number of alkyl halides is 3. The maximum absolute atomic E-state index is 12.1. The first-order valence-corrected chi connectivity index (χ1v) is 8.16. The van der Waals surface area contributed by atoms with Crippen LogP contribution in [-0.4, -0.2) is 50.3 Å². The normalized spacial score (nSPS) is 11.6. The van der Waals surface area contributed by atoms with Crippen LogP contribution in [0.3, 0.4) is 0 Å². The Hall–Kier alpha value is -1.19. The monoisotopic (exact) mass is 473 g/mol. The van der Waals surface area contributed by atoms with Crippen LogP contribution in [0.25, 0.3) is 0 Å². The minimum absolute atomic E-state index is 0. The number of nitrogens with one attached hydrogen (secondary N) is 1. The van der Waals surface area contributed by atoms with Gasteiger partial charge in [-0.05, 0) is 31.9 Å². The molecule has 0 aliphatic carbocycles. The Morgan fingerprint density at radius 3 is 2.48 bits per heavy atom. The molecule has 0 fully saturated rings. The number of ether oxygens (including phenoxy) is 1. The summed E-state index contributed by atoms with van der Waals surface area (Å²) in [7, 11) is 1.88. The molecule has 0 aromatic heterocycles. The number of para-hydroxylation sites is 1. The van der Waals surface area contributed by atoms with Crippen LogP contribution in [0, 0.1) is 0 Å². The van der Waals surface area contributed by atoms with Gasteiger partial charge in [0, 0.05) is 26.6 Å². The zero-order valence-electron chi connectivity index (χ0n) is 14.7. The van der Waals surface area contributed by atoms with E-state index in [1.807, 2.05) is 49.2 Å². The van der Waals surface area contributed by atoms with Crippen LogP contribution >= 0.6 is 24.0 Å². The number of aliphatic imine (C=N–C) groups is 1. The Morgan fingerprint density at radius 2 is 1.88 bits per heavy atom. The van der Waals surface area contributed by atoms with Crippen LogP contribution in [0.2, 0.25) is 0 Å². The van der Waals surface area contributed by atoms with E-state index in [0.717, 1.165) is 5.75 Å². The van der Waals surface area contributed by atoms with Gasteiger partial charge in [-0.1, -0.05) is 18.2 Å². The zero-order valence-corrected chi connectivity index (χ0v) is 17.0. The van der Waals surface area contributed by atoms with Crippen molar-refractivity contribution in [2.45, 2.75) is 32.4 Å². The summed E-state index contributed by atoms with van der Waals surface area (Å²) in [5.74, 6) is 1.49. The number of hydrogen-bond acceptors (Lipinski definition) is 2. The van der Waals surface area contributed by atoms with Crippen LogP contribution < -0.4 is 10.1 Å². The first-order valence-electron chi connectivity index (χ1n) is 8.16. The molecule has 0 aliphatic heterocycles. The van der Waals surface area contributed by atoms with Gasteiger partial charge in [-0.3, -0.25) is 4.99 Å². The van der Waals surface area contributed by atoms with Crippen molar-refractivity contribution in [3.8, 4) is 5.75 Å². The van der Waals surface area contributed by atoms with Crippen molar-refractivity contribution in [1.82, 2.24) is 10.2 Å². The molecule has 0 atom stereocenters. The van der Waals surface area contributed by atoms with E-state index in [1.165, 1.54) is 0 Å². The van der Waals surface area contributed by atoms with Crippen molar-refractivity contribution in [3.63, 3.8) is 0 Å². The number of halogens is 4. The summed E-state index contributed by atoms with van der Waals surface area (Å²) >= 11 is 0. The minimum Gasteiger partial charge on any atom is -0.492 e. The molecule has 25 heavy (non-hydrogen) atoms. The fourth-order valence-corrected chi connectivity index (χ4v) is 2.01. The number of likely N-dealkylation sites (N-methyl/N-ethyl adjacent to an activating group) is 1. The Morgan fingerprint density at radius 1 is 1.20 bits per heavy atom. The quantitative estimate of drug-likeness (QED) is 0.251. The highest BCUT2D eigenvalue weighted by Gasteiger charge is 2.25. The first-order chi connectivity index (χ1) is 11.4. The standard InChI is InChI=1S/C17H26F3N3O.HI/c1-3-21-16(22-12-8-7-11-17(18,19)20)23(2)13-14-24-15-9-5-4-6-10-15;/h4-6,9-10H,3,7-8,11-14H2,1-2H3,(H,21,22);1H. The highest BCUT2D eigenvalue weighted by atomic mass is 127. The van der Waals surface area contributed by atoms with Gasteiger partial charge < -0.3 is 15.0 Å². The lowest BCUT2D eigenvalue weighted by atomic mass is 10.2. The predicted octanol–water partition coefficient (Wildman–Crippen LogP) is 4.31. The molecule has 0 bridgehead atoms. The van der Waals surface area contributed by atoms with Crippen LogP contribution in [0.4, 0.5) is 13.2 Å². The fraction of sp³-hybridized carbons (Fsp3) is 0.588. The molecule has 1 aromatic rings. The molecular formula is C17H27F3IN3O. The van der Waals surface area contributed by atoms with Gasteiger partial charge in [-0.15, -0.1) is 24.0 Å². The summed E-state index contributed by atoms with van der Waals surface area (Å²) in [6.07, 6.45) is -4.31. The molecule has 0 aliphatic rings. The van der Waals surface area contributed by atoms with Gasteiger partial charge in [0.25, 0.3) is 0 Å². The molecule has 1 aromatic carbocycles. The summed E-state index contributed by atoms with van der Waals surface area (Å²) in [4.78, 5) is 6.28. The maximum atomic E-state index is 12.1. The third-order valence-electron chi connectivity index (χ3n) is 3.27. The minimum atomic E-state index is -4.08. The van der Waals surface area contributed by atoms with Gasteiger partial charge in [-0.25, -0.2) is 0 Å². The van der Waals surface area contributed by atoms with E-state index in [2.05, 4.69) is 10.3 Å². The highest BCUT2D eigenvalue weighted by molar-refractivity contribution is 14.0. The molecule has 8 heteroatoms. The molecule has 0 heterocycles. The summed E-state index contributed by atoms with van der Waals surface area (Å²) in [6.45, 7) is 4.16. The second kappa shape index (κ2) is 13.1. The predicted molar refractivity (Wildman–Crippen MR) is 106 cm³/mol. The van der Waals surface area contributed by atoms with E-state index in [1.54, 1.807) is 0 Å². The van der Waals surface area contributed by atoms with E-state index in [0.29, 0.717) is 38.6 Å². The average molecular weight is 473 g/mol. The van der Waals surface area contributed by atoms with Crippen LogP contribution in [0.1, 0.15) is 26.2 Å². The van der Waals surface area contributed by atoms with E-state index >= 15 is 0 Å².